The Morgan fingerprint density at radius 1 is 1.44 bits per heavy atom. The SMILES string of the molecule is CC(C(=O)N(C)C[C@@H]1C[C@H](F)CN1Cc1ncccn1)n1cncn1. The Kier molecular flexibility index (Phi) is 5.32. The number of aromatic nitrogens is 5. The van der Waals surface area contributed by atoms with Crippen LogP contribution in [0, 0.1) is 0 Å². The maximum absolute atomic E-state index is 14.0. The van der Waals surface area contributed by atoms with Crippen LogP contribution in [0.15, 0.2) is 31.1 Å². The molecule has 0 aliphatic carbocycles. The van der Waals surface area contributed by atoms with Gasteiger partial charge in [-0.15, -0.1) is 0 Å². The number of hydrogen-bond acceptors (Lipinski definition) is 6. The van der Waals surface area contributed by atoms with Gasteiger partial charge < -0.3 is 4.90 Å². The van der Waals surface area contributed by atoms with Crippen LogP contribution in [0.1, 0.15) is 25.2 Å². The number of likely N-dealkylation sites (tertiary alicyclic amines) is 1. The average molecular weight is 347 g/mol. The minimum Gasteiger partial charge on any atom is -0.342 e. The van der Waals surface area contributed by atoms with E-state index in [4.69, 9.17) is 0 Å². The maximum Gasteiger partial charge on any atom is 0.247 e. The molecular weight excluding hydrogens is 325 g/mol. The number of nitrogens with zero attached hydrogens (tertiary/aromatic N) is 7. The van der Waals surface area contributed by atoms with Crippen molar-refractivity contribution in [2.24, 2.45) is 0 Å². The monoisotopic (exact) mass is 347 g/mol. The van der Waals surface area contributed by atoms with Crippen LogP contribution in [0.4, 0.5) is 4.39 Å². The van der Waals surface area contributed by atoms with Crippen LogP contribution >= 0.6 is 0 Å². The van der Waals surface area contributed by atoms with E-state index in [2.05, 4.69) is 20.1 Å². The molecule has 0 bridgehead atoms. The summed E-state index contributed by atoms with van der Waals surface area (Å²) in [6.45, 7) is 3.04. The zero-order valence-corrected chi connectivity index (χ0v) is 14.4. The van der Waals surface area contributed by atoms with E-state index in [1.165, 1.54) is 17.3 Å². The van der Waals surface area contributed by atoms with Gasteiger partial charge in [-0.3, -0.25) is 9.69 Å². The fraction of sp³-hybridized carbons (Fsp3) is 0.562. The van der Waals surface area contributed by atoms with Gasteiger partial charge in [0.25, 0.3) is 0 Å². The fourth-order valence-corrected chi connectivity index (χ4v) is 3.15. The first-order valence-corrected chi connectivity index (χ1v) is 8.27. The Bertz CT molecular complexity index is 681. The number of alkyl halides is 1. The highest BCUT2D eigenvalue weighted by atomic mass is 19.1. The van der Waals surface area contributed by atoms with E-state index in [1.54, 1.807) is 37.3 Å². The summed E-state index contributed by atoms with van der Waals surface area (Å²) in [7, 11) is 1.73. The third-order valence-corrected chi connectivity index (χ3v) is 4.49. The van der Waals surface area contributed by atoms with E-state index in [9.17, 15) is 9.18 Å². The minimum atomic E-state index is -0.898. The molecule has 3 atom stereocenters. The number of carbonyl (C=O) groups excluding carboxylic acids is 1. The molecule has 25 heavy (non-hydrogen) atoms. The molecule has 1 aliphatic rings. The second kappa shape index (κ2) is 7.64. The molecule has 8 nitrogen and oxygen atoms in total. The lowest BCUT2D eigenvalue weighted by atomic mass is 10.2. The molecule has 0 radical (unpaired) electrons. The van der Waals surface area contributed by atoms with Crippen LogP contribution in [0.2, 0.25) is 0 Å². The van der Waals surface area contributed by atoms with Gasteiger partial charge in [-0.1, -0.05) is 0 Å². The summed E-state index contributed by atoms with van der Waals surface area (Å²) in [5, 5.41) is 4.01. The predicted octanol–water partition coefficient (Wildman–Crippen LogP) is 0.700. The lowest BCUT2D eigenvalue weighted by Crippen LogP contribution is -2.43. The zero-order valence-electron chi connectivity index (χ0n) is 14.4. The molecule has 1 fully saturated rings. The molecule has 0 saturated carbocycles. The summed E-state index contributed by atoms with van der Waals surface area (Å²) in [6, 6.07) is 1.25. The molecule has 2 aromatic rings. The molecule has 0 aromatic carbocycles. The van der Waals surface area contributed by atoms with Crippen molar-refractivity contribution in [3.63, 3.8) is 0 Å². The van der Waals surface area contributed by atoms with Crippen molar-refractivity contribution >= 4 is 5.91 Å². The van der Waals surface area contributed by atoms with Crippen LogP contribution < -0.4 is 0 Å². The second-order valence-corrected chi connectivity index (χ2v) is 6.35. The Labute approximate surface area is 145 Å². The fourth-order valence-electron chi connectivity index (χ4n) is 3.15. The summed E-state index contributed by atoms with van der Waals surface area (Å²) >= 11 is 0. The van der Waals surface area contributed by atoms with E-state index < -0.39 is 12.2 Å². The highest BCUT2D eigenvalue weighted by molar-refractivity contribution is 5.79. The molecule has 2 aromatic heterocycles. The largest absolute Gasteiger partial charge is 0.342 e. The van der Waals surface area contributed by atoms with Crippen molar-refractivity contribution in [3.8, 4) is 0 Å². The number of likely N-dealkylation sites (N-methyl/N-ethyl adjacent to an activating group) is 1. The summed E-state index contributed by atoms with van der Waals surface area (Å²) in [5.41, 5.74) is 0. The first kappa shape index (κ1) is 17.4. The Morgan fingerprint density at radius 2 is 2.20 bits per heavy atom. The van der Waals surface area contributed by atoms with Gasteiger partial charge in [0.15, 0.2) is 0 Å². The van der Waals surface area contributed by atoms with E-state index in [1.807, 2.05) is 4.90 Å². The molecule has 1 unspecified atom stereocenters. The summed E-state index contributed by atoms with van der Waals surface area (Å²) in [4.78, 5) is 28.5. The minimum absolute atomic E-state index is 0.0595. The molecule has 0 spiro atoms. The van der Waals surface area contributed by atoms with Gasteiger partial charge in [-0.2, -0.15) is 5.10 Å². The van der Waals surface area contributed by atoms with Crippen molar-refractivity contribution < 1.29 is 9.18 Å². The molecule has 1 aliphatic heterocycles. The van der Waals surface area contributed by atoms with Gasteiger partial charge in [-0.05, 0) is 19.4 Å². The standard InChI is InChI=1S/C16H22FN7O/c1-12(24-11-18-10-21-24)16(25)22(2)8-14-6-13(17)7-23(14)9-15-19-4-3-5-20-15/h3-5,10-14H,6-9H2,1-2H3/t12?,13-,14-/m0/s1. The second-order valence-electron chi connectivity index (χ2n) is 6.35. The predicted molar refractivity (Wildman–Crippen MR) is 88.1 cm³/mol. The number of carbonyl (C=O) groups is 1. The van der Waals surface area contributed by atoms with Crippen LogP contribution in [-0.4, -0.2) is 72.8 Å². The molecule has 3 heterocycles. The molecule has 9 heteroatoms. The first-order chi connectivity index (χ1) is 12.0. The molecule has 134 valence electrons. The van der Waals surface area contributed by atoms with Crippen molar-refractivity contribution in [1.29, 1.82) is 0 Å². The molecular formula is C16H22FN7O. The van der Waals surface area contributed by atoms with Crippen LogP contribution in [0.3, 0.4) is 0 Å². The third-order valence-electron chi connectivity index (χ3n) is 4.49. The highest BCUT2D eigenvalue weighted by Crippen LogP contribution is 2.23. The topological polar surface area (TPSA) is 80.0 Å². The number of halogens is 1. The summed E-state index contributed by atoms with van der Waals surface area (Å²) in [5.74, 6) is 0.579. The van der Waals surface area contributed by atoms with E-state index in [0.717, 1.165) is 0 Å². The Balaban J connectivity index is 1.62. The number of hydrogen-bond donors (Lipinski definition) is 0. The number of rotatable bonds is 6. The van der Waals surface area contributed by atoms with Crippen LogP contribution in [0.5, 0.6) is 0 Å². The Morgan fingerprint density at radius 3 is 2.88 bits per heavy atom. The average Bonchev–Trinajstić information content (AvgIpc) is 3.25. The van der Waals surface area contributed by atoms with Gasteiger partial charge in [0.05, 0.1) is 6.54 Å². The van der Waals surface area contributed by atoms with Crippen molar-refractivity contribution in [1.82, 2.24) is 34.5 Å². The molecule has 0 N–H and O–H groups in total. The first-order valence-electron chi connectivity index (χ1n) is 8.27. The van der Waals surface area contributed by atoms with Crippen molar-refractivity contribution in [2.45, 2.75) is 38.1 Å². The smallest absolute Gasteiger partial charge is 0.247 e. The molecule has 3 rings (SSSR count). The van der Waals surface area contributed by atoms with Crippen LogP contribution in [0.25, 0.3) is 0 Å². The van der Waals surface area contributed by atoms with E-state index >= 15 is 0 Å². The van der Waals surface area contributed by atoms with Gasteiger partial charge in [-0.25, -0.2) is 24.0 Å². The maximum atomic E-state index is 14.0. The quantitative estimate of drug-likeness (QED) is 0.765. The summed E-state index contributed by atoms with van der Waals surface area (Å²) < 4.78 is 15.5. The van der Waals surface area contributed by atoms with Gasteiger partial charge in [0.1, 0.15) is 30.7 Å². The Hall–Kier alpha value is -2.42. The van der Waals surface area contributed by atoms with Gasteiger partial charge in [0, 0.05) is 38.6 Å². The van der Waals surface area contributed by atoms with Gasteiger partial charge >= 0.3 is 0 Å². The lowest BCUT2D eigenvalue weighted by Gasteiger charge is -2.29. The molecule has 1 saturated heterocycles. The third kappa shape index (κ3) is 4.16. The molecule has 1 amide bonds. The summed E-state index contributed by atoms with van der Waals surface area (Å²) in [6.07, 6.45) is 5.77. The van der Waals surface area contributed by atoms with Crippen LogP contribution in [-0.2, 0) is 11.3 Å². The van der Waals surface area contributed by atoms with Gasteiger partial charge in [0.2, 0.25) is 5.91 Å². The number of amides is 1. The highest BCUT2D eigenvalue weighted by Gasteiger charge is 2.34. The van der Waals surface area contributed by atoms with E-state index in [-0.39, 0.29) is 11.9 Å². The zero-order chi connectivity index (χ0) is 17.8. The van der Waals surface area contributed by atoms with E-state index in [0.29, 0.717) is 31.9 Å². The van der Waals surface area contributed by atoms with Crippen molar-refractivity contribution in [3.05, 3.63) is 36.9 Å². The van der Waals surface area contributed by atoms with Crippen molar-refractivity contribution in [2.75, 3.05) is 20.1 Å². The normalized spacial score (nSPS) is 22.0. The lowest BCUT2D eigenvalue weighted by molar-refractivity contribution is -0.133.